The zero-order valence-electron chi connectivity index (χ0n) is 17.7. The maximum atomic E-state index is 13.2. The van der Waals surface area contributed by atoms with Gasteiger partial charge in [0.05, 0.1) is 10.7 Å². The highest BCUT2D eigenvalue weighted by atomic mass is 32.2. The van der Waals surface area contributed by atoms with Gasteiger partial charge in [0.15, 0.2) is 0 Å². The Balaban J connectivity index is 1.50. The van der Waals surface area contributed by atoms with Crippen molar-refractivity contribution in [1.82, 2.24) is 18.8 Å². The van der Waals surface area contributed by atoms with Crippen molar-refractivity contribution in [2.24, 2.45) is 12.8 Å². The third-order valence-corrected chi connectivity index (χ3v) is 8.19. The second-order valence-electron chi connectivity index (χ2n) is 7.51. The Morgan fingerprint density at radius 1 is 1.09 bits per heavy atom. The van der Waals surface area contributed by atoms with Gasteiger partial charge in [-0.15, -0.1) is 11.3 Å². The van der Waals surface area contributed by atoms with Crippen LogP contribution in [0.4, 0.5) is 0 Å². The van der Waals surface area contributed by atoms with Crippen LogP contribution in [0, 0.1) is 6.92 Å². The first-order valence-electron chi connectivity index (χ1n) is 9.97. The molecule has 0 aliphatic carbocycles. The number of sulfonamides is 1. The van der Waals surface area contributed by atoms with Crippen molar-refractivity contribution in [1.29, 1.82) is 0 Å². The van der Waals surface area contributed by atoms with E-state index in [2.05, 4.69) is 4.98 Å². The van der Waals surface area contributed by atoms with E-state index >= 15 is 0 Å². The average Bonchev–Trinajstić information content (AvgIpc) is 3.37. The first-order chi connectivity index (χ1) is 15.2. The predicted molar refractivity (Wildman–Crippen MR) is 121 cm³/mol. The third kappa shape index (κ3) is 4.06. The van der Waals surface area contributed by atoms with Crippen molar-refractivity contribution >= 4 is 33.2 Å². The number of aromatic nitrogens is 2. The molecule has 0 radical (unpaired) electrons. The van der Waals surface area contributed by atoms with Crippen LogP contribution < -0.4 is 5.73 Å². The second-order valence-corrected chi connectivity index (χ2v) is 10.7. The van der Waals surface area contributed by atoms with E-state index in [1.165, 1.54) is 32.5 Å². The Labute approximate surface area is 190 Å². The van der Waals surface area contributed by atoms with Crippen molar-refractivity contribution in [2.75, 3.05) is 26.2 Å². The monoisotopic (exact) mass is 473 g/mol. The smallest absolute Gasteiger partial charge is 0.266 e. The number of nitrogens with zero attached hydrogens (tertiary/aromatic N) is 4. The molecular formula is C21H23N5O4S2. The lowest BCUT2D eigenvalue weighted by molar-refractivity contribution is 0.0703. The number of thiazole rings is 1. The molecule has 1 aliphatic heterocycles. The van der Waals surface area contributed by atoms with E-state index in [-0.39, 0.29) is 42.7 Å². The van der Waals surface area contributed by atoms with Gasteiger partial charge in [0.2, 0.25) is 10.0 Å². The Kier molecular flexibility index (Phi) is 5.89. The van der Waals surface area contributed by atoms with Crippen LogP contribution in [0.3, 0.4) is 0 Å². The summed E-state index contributed by atoms with van der Waals surface area (Å²) in [6, 6.07) is 10.8. The average molecular weight is 474 g/mol. The van der Waals surface area contributed by atoms with Gasteiger partial charge in [-0.05, 0) is 13.0 Å². The minimum atomic E-state index is -3.80. The molecule has 32 heavy (non-hydrogen) atoms. The summed E-state index contributed by atoms with van der Waals surface area (Å²) < 4.78 is 28.7. The number of rotatable bonds is 5. The number of primary amides is 1. The summed E-state index contributed by atoms with van der Waals surface area (Å²) in [5.74, 6) is -0.847. The van der Waals surface area contributed by atoms with Gasteiger partial charge < -0.3 is 15.2 Å². The van der Waals surface area contributed by atoms with E-state index in [0.717, 1.165) is 10.6 Å². The van der Waals surface area contributed by atoms with Gasteiger partial charge in [0.25, 0.3) is 11.8 Å². The number of hydrogen-bond donors (Lipinski definition) is 1. The molecule has 2 aromatic heterocycles. The van der Waals surface area contributed by atoms with E-state index in [0.29, 0.717) is 10.6 Å². The Morgan fingerprint density at radius 2 is 1.75 bits per heavy atom. The molecule has 0 atom stereocenters. The van der Waals surface area contributed by atoms with Crippen LogP contribution in [0.5, 0.6) is 0 Å². The molecular weight excluding hydrogens is 450 g/mol. The van der Waals surface area contributed by atoms with Crippen molar-refractivity contribution in [3.8, 4) is 11.3 Å². The number of hydrogen-bond acceptors (Lipinski definition) is 6. The SMILES string of the molecule is Cc1nc(-c2ccccc2)c(C(=O)N2CCN(S(=O)(=O)c3cc(C(N)=O)n(C)c3)CC2)s1. The molecule has 11 heteroatoms. The van der Waals surface area contributed by atoms with Crippen molar-refractivity contribution in [3.63, 3.8) is 0 Å². The van der Waals surface area contributed by atoms with Crippen molar-refractivity contribution in [3.05, 3.63) is 58.2 Å². The van der Waals surface area contributed by atoms with Crippen LogP contribution in [0.1, 0.15) is 25.2 Å². The lowest BCUT2D eigenvalue weighted by atomic mass is 10.1. The van der Waals surface area contributed by atoms with Crippen LogP contribution in [-0.4, -0.2) is 65.2 Å². The fraction of sp³-hybridized carbons (Fsp3) is 0.286. The van der Waals surface area contributed by atoms with Crippen LogP contribution in [0.2, 0.25) is 0 Å². The summed E-state index contributed by atoms with van der Waals surface area (Å²) in [6.45, 7) is 2.71. The van der Waals surface area contributed by atoms with Crippen LogP contribution in [-0.2, 0) is 17.1 Å². The Hall–Kier alpha value is -3.02. The molecule has 1 saturated heterocycles. The van der Waals surface area contributed by atoms with E-state index < -0.39 is 15.9 Å². The fourth-order valence-electron chi connectivity index (χ4n) is 3.71. The van der Waals surface area contributed by atoms with Crippen LogP contribution in [0.15, 0.2) is 47.5 Å². The lowest BCUT2D eigenvalue weighted by Crippen LogP contribution is -2.50. The van der Waals surface area contributed by atoms with E-state index in [4.69, 9.17) is 5.73 Å². The summed E-state index contributed by atoms with van der Waals surface area (Å²) in [5.41, 5.74) is 6.93. The third-order valence-electron chi connectivity index (χ3n) is 5.37. The van der Waals surface area contributed by atoms with Gasteiger partial charge in [-0.3, -0.25) is 9.59 Å². The molecule has 168 valence electrons. The number of carbonyl (C=O) groups is 2. The summed E-state index contributed by atoms with van der Waals surface area (Å²) in [6.07, 6.45) is 1.37. The van der Waals surface area contributed by atoms with Gasteiger partial charge in [0, 0.05) is 45.0 Å². The number of nitrogens with two attached hydrogens (primary N) is 1. The van der Waals surface area contributed by atoms with Gasteiger partial charge in [-0.1, -0.05) is 30.3 Å². The highest BCUT2D eigenvalue weighted by Gasteiger charge is 2.33. The molecule has 9 nitrogen and oxygen atoms in total. The van der Waals surface area contributed by atoms with Gasteiger partial charge >= 0.3 is 0 Å². The Morgan fingerprint density at radius 3 is 2.34 bits per heavy atom. The molecule has 2 N–H and O–H groups in total. The summed E-state index contributed by atoms with van der Waals surface area (Å²) >= 11 is 1.34. The standard InChI is InChI=1S/C21H23N5O4S2/c1-14-23-18(15-6-4-3-5-7-15)19(31-14)21(28)25-8-10-26(11-9-25)32(29,30)16-12-17(20(22)27)24(2)13-16/h3-7,12-13H,8-11H2,1-2H3,(H2,22,27). The molecule has 1 fully saturated rings. The molecule has 4 rings (SSSR count). The number of carbonyl (C=O) groups excluding carboxylic acids is 2. The minimum absolute atomic E-state index is 0.0121. The number of benzene rings is 1. The van der Waals surface area contributed by atoms with Gasteiger partial charge in [0.1, 0.15) is 15.5 Å². The second kappa shape index (κ2) is 8.49. The number of aryl methyl sites for hydroxylation is 2. The van der Waals surface area contributed by atoms with E-state index in [1.54, 1.807) is 11.9 Å². The molecule has 0 unspecified atom stereocenters. The lowest BCUT2D eigenvalue weighted by Gasteiger charge is -2.33. The summed E-state index contributed by atoms with van der Waals surface area (Å²) in [7, 11) is -2.23. The highest BCUT2D eigenvalue weighted by molar-refractivity contribution is 7.89. The van der Waals surface area contributed by atoms with Gasteiger partial charge in [-0.25, -0.2) is 13.4 Å². The van der Waals surface area contributed by atoms with Crippen molar-refractivity contribution in [2.45, 2.75) is 11.8 Å². The first kappa shape index (κ1) is 22.2. The zero-order chi connectivity index (χ0) is 23.0. The normalized spacial score (nSPS) is 15.1. The summed E-state index contributed by atoms with van der Waals surface area (Å²) in [5, 5.41) is 0.794. The predicted octanol–water partition coefficient (Wildman–Crippen LogP) is 1.70. The molecule has 1 aliphatic rings. The topological polar surface area (TPSA) is 119 Å². The highest BCUT2D eigenvalue weighted by Crippen LogP contribution is 2.30. The van der Waals surface area contributed by atoms with Crippen LogP contribution >= 0.6 is 11.3 Å². The molecule has 3 heterocycles. The zero-order valence-corrected chi connectivity index (χ0v) is 19.3. The van der Waals surface area contributed by atoms with Crippen molar-refractivity contribution < 1.29 is 18.0 Å². The maximum Gasteiger partial charge on any atom is 0.266 e. The fourth-order valence-corrected chi connectivity index (χ4v) is 6.11. The molecule has 1 aromatic carbocycles. The van der Waals surface area contributed by atoms with Gasteiger partial charge in [-0.2, -0.15) is 4.31 Å². The first-order valence-corrected chi connectivity index (χ1v) is 12.2. The maximum absolute atomic E-state index is 13.2. The van der Waals surface area contributed by atoms with E-state index in [9.17, 15) is 18.0 Å². The largest absolute Gasteiger partial charge is 0.364 e. The number of piperazine rings is 1. The van der Waals surface area contributed by atoms with E-state index in [1.807, 2.05) is 37.3 Å². The molecule has 0 spiro atoms. The quantitative estimate of drug-likeness (QED) is 0.605. The number of amides is 2. The Bertz CT molecular complexity index is 1270. The minimum Gasteiger partial charge on any atom is -0.364 e. The van der Waals surface area contributed by atoms with Crippen LogP contribution in [0.25, 0.3) is 11.3 Å². The molecule has 2 amide bonds. The molecule has 3 aromatic rings. The molecule has 0 saturated carbocycles. The molecule has 0 bridgehead atoms. The summed E-state index contributed by atoms with van der Waals surface area (Å²) in [4.78, 5) is 31.5.